The van der Waals surface area contributed by atoms with Crippen molar-refractivity contribution in [1.82, 2.24) is 0 Å². The lowest BCUT2D eigenvalue weighted by Crippen LogP contribution is -2.55. The summed E-state index contributed by atoms with van der Waals surface area (Å²) >= 11 is 0. The lowest BCUT2D eigenvalue weighted by molar-refractivity contribution is -0.148. The number of amides is 1. The van der Waals surface area contributed by atoms with Gasteiger partial charge in [0.25, 0.3) is 0 Å². The Balaban J connectivity index is 1.35. The molecule has 0 saturated heterocycles. The van der Waals surface area contributed by atoms with Gasteiger partial charge >= 0.3 is 5.97 Å². The van der Waals surface area contributed by atoms with Gasteiger partial charge in [-0.25, -0.2) is 13.2 Å². The summed E-state index contributed by atoms with van der Waals surface area (Å²) in [5, 5.41) is 9.41. The summed E-state index contributed by atoms with van der Waals surface area (Å²) < 4.78 is 38.3. The zero-order valence-electron chi connectivity index (χ0n) is 28.0. The fraction of sp³-hybridized carbons (Fsp3) is 0.270. The van der Waals surface area contributed by atoms with E-state index in [2.05, 4.69) is 21.8 Å². The van der Waals surface area contributed by atoms with Crippen molar-refractivity contribution in [2.75, 3.05) is 22.5 Å². The Hall–Kier alpha value is -5.40. The van der Waals surface area contributed by atoms with Crippen LogP contribution in [-0.2, 0) is 37.5 Å². The molecule has 6 N–H and O–H groups in total. The number of aliphatic carboxylic acids is 1. The van der Waals surface area contributed by atoms with Crippen LogP contribution in [0.1, 0.15) is 42.4 Å². The number of hydrogen-bond acceptors (Lipinski definition) is 9. The molecule has 4 rings (SSSR count). The predicted molar refractivity (Wildman–Crippen MR) is 192 cm³/mol. The molecule has 4 aromatic carbocycles. The van der Waals surface area contributed by atoms with Gasteiger partial charge in [-0.15, -0.1) is 0 Å². The van der Waals surface area contributed by atoms with E-state index in [1.165, 1.54) is 0 Å². The molecule has 50 heavy (non-hydrogen) atoms. The molecule has 0 unspecified atom stereocenters. The van der Waals surface area contributed by atoms with Crippen LogP contribution in [0.4, 0.5) is 11.4 Å². The van der Waals surface area contributed by atoms with E-state index in [0.717, 1.165) is 28.6 Å². The van der Waals surface area contributed by atoms with E-state index in [1.807, 2.05) is 61.5 Å². The number of nitrogens with two attached hydrogens (primary N) is 2. The number of sulfonamides is 1. The highest BCUT2D eigenvalue weighted by Crippen LogP contribution is 2.31. The van der Waals surface area contributed by atoms with Crippen molar-refractivity contribution < 1.29 is 37.4 Å². The predicted octanol–water partition coefficient (Wildman–Crippen LogP) is 5.14. The molecular formula is C37H42N4O8S. The van der Waals surface area contributed by atoms with Gasteiger partial charge in [-0.05, 0) is 85.0 Å². The molecule has 1 atom stereocenters. The molecule has 4 aromatic rings. The second-order valence-electron chi connectivity index (χ2n) is 12.0. The smallest absolute Gasteiger partial charge is 0.331 e. The Morgan fingerprint density at radius 2 is 1.40 bits per heavy atom. The molecule has 0 aliphatic rings. The second kappa shape index (κ2) is 16.8. The van der Waals surface area contributed by atoms with Crippen LogP contribution >= 0.6 is 0 Å². The van der Waals surface area contributed by atoms with Gasteiger partial charge in [0.1, 0.15) is 17.2 Å². The number of hydrogen-bond donors (Lipinski definition) is 4. The van der Waals surface area contributed by atoms with Crippen molar-refractivity contribution in [3.05, 3.63) is 114 Å². The molecule has 0 bridgehead atoms. The molecule has 264 valence electrons. The minimum absolute atomic E-state index is 0.130. The number of anilines is 2. The molecule has 12 nitrogen and oxygen atoms in total. The Kier molecular flexibility index (Phi) is 12.6. The van der Waals surface area contributed by atoms with Gasteiger partial charge in [0.15, 0.2) is 11.3 Å². The van der Waals surface area contributed by atoms with Gasteiger partial charge in [0.2, 0.25) is 15.9 Å². The molecule has 1 amide bonds. The van der Waals surface area contributed by atoms with Crippen LogP contribution < -0.4 is 30.6 Å². The number of carboxylic acids is 1. The van der Waals surface area contributed by atoms with Crippen molar-refractivity contribution in [2.45, 2.75) is 51.2 Å². The Bertz CT molecular complexity index is 1890. The fourth-order valence-electron chi connectivity index (χ4n) is 5.26. The van der Waals surface area contributed by atoms with Gasteiger partial charge in [-0.2, -0.15) is 0 Å². The number of primary amides is 1. The summed E-state index contributed by atoms with van der Waals surface area (Å²) in [7, 11) is -3.44. The SMILES string of the molecule is Cc1c(NS(C)(=O)=O)cccc1N(Cc1ccccc1)Cc1ccc(Oc2ccc(OCCCC(=O)[C@](N)(CCC(N)=O)C(=O)O)cc2)cc1. The molecule has 0 spiro atoms. The van der Waals surface area contributed by atoms with Crippen LogP contribution in [0.25, 0.3) is 0 Å². The quantitative estimate of drug-likeness (QED) is 0.0752. The molecule has 13 heteroatoms. The van der Waals surface area contributed by atoms with E-state index in [1.54, 1.807) is 30.3 Å². The van der Waals surface area contributed by atoms with E-state index < -0.39 is 33.2 Å². The number of carboxylic acid groups (broad SMARTS) is 1. The molecule has 0 aromatic heterocycles. The van der Waals surface area contributed by atoms with Gasteiger partial charge in [0.05, 0.1) is 18.6 Å². The summed E-state index contributed by atoms with van der Waals surface area (Å²) in [6.45, 7) is 3.22. The molecule has 0 aliphatic carbocycles. The zero-order valence-corrected chi connectivity index (χ0v) is 28.8. The van der Waals surface area contributed by atoms with Crippen LogP contribution in [0.2, 0.25) is 0 Å². The van der Waals surface area contributed by atoms with Gasteiger partial charge in [-0.3, -0.25) is 14.3 Å². The molecule has 0 heterocycles. The van der Waals surface area contributed by atoms with Crippen LogP contribution in [0, 0.1) is 6.92 Å². The van der Waals surface area contributed by atoms with Crippen molar-refractivity contribution in [2.24, 2.45) is 11.5 Å². The van der Waals surface area contributed by atoms with E-state index in [-0.39, 0.29) is 32.3 Å². The lowest BCUT2D eigenvalue weighted by Gasteiger charge is -2.28. The minimum Gasteiger partial charge on any atom is -0.494 e. The average molecular weight is 703 g/mol. The third kappa shape index (κ3) is 10.8. The number of carbonyl (C=O) groups is 3. The molecule has 0 radical (unpaired) electrons. The number of nitrogens with one attached hydrogen (secondary N) is 1. The number of Topliss-reactive ketones (excluding diaryl/α,β-unsaturated/α-hetero) is 1. The monoisotopic (exact) mass is 702 g/mol. The first-order chi connectivity index (χ1) is 23.7. The average Bonchev–Trinajstić information content (AvgIpc) is 3.07. The maximum atomic E-state index is 12.5. The summed E-state index contributed by atoms with van der Waals surface area (Å²) in [5.74, 6) is -1.17. The number of benzene rings is 4. The highest BCUT2D eigenvalue weighted by molar-refractivity contribution is 7.92. The Morgan fingerprint density at radius 3 is 1.98 bits per heavy atom. The lowest BCUT2D eigenvalue weighted by atomic mass is 9.87. The van der Waals surface area contributed by atoms with Crippen LogP contribution in [0.5, 0.6) is 17.2 Å². The number of rotatable bonds is 19. The van der Waals surface area contributed by atoms with Gasteiger partial charge < -0.3 is 30.9 Å². The summed E-state index contributed by atoms with van der Waals surface area (Å²) in [6, 6.07) is 30.3. The molecular weight excluding hydrogens is 660 g/mol. The van der Waals surface area contributed by atoms with Crippen LogP contribution in [0.3, 0.4) is 0 Å². The van der Waals surface area contributed by atoms with Crippen molar-refractivity contribution in [3.8, 4) is 17.2 Å². The Labute approximate surface area is 292 Å². The topological polar surface area (TPSA) is 191 Å². The van der Waals surface area contributed by atoms with E-state index >= 15 is 0 Å². The number of ether oxygens (including phenoxy) is 2. The van der Waals surface area contributed by atoms with Crippen LogP contribution in [0.15, 0.2) is 97.1 Å². The minimum atomic E-state index is -3.44. The number of ketones is 1. The highest BCUT2D eigenvalue weighted by atomic mass is 32.2. The molecule has 0 fully saturated rings. The number of carbonyl (C=O) groups excluding carboxylic acids is 2. The summed E-state index contributed by atoms with van der Waals surface area (Å²) in [6.07, 6.45) is 0.568. The van der Waals surface area contributed by atoms with Gasteiger partial charge in [-0.1, -0.05) is 48.5 Å². The summed E-state index contributed by atoms with van der Waals surface area (Å²) in [4.78, 5) is 37.3. The van der Waals surface area contributed by atoms with Crippen molar-refractivity contribution >= 4 is 39.1 Å². The number of nitrogens with zero attached hydrogens (tertiary/aromatic N) is 1. The first-order valence-electron chi connectivity index (χ1n) is 15.9. The standard InChI is InChI=1S/C37H42N4O8S/c1-26-32(40-50(2,46)47)10-6-11-33(26)41(24-27-8-4-3-5-9-27)25-28-13-15-30(16-14-28)49-31-19-17-29(18-20-31)48-23-7-12-34(42)37(39,36(44)45)22-21-35(38)43/h3-6,8-11,13-20,40H,7,12,21-25,39H2,1-2H3,(H2,38,43)(H,44,45)/t37-/m1/s1. The largest absolute Gasteiger partial charge is 0.494 e. The van der Waals surface area contributed by atoms with E-state index in [4.69, 9.17) is 20.9 Å². The normalized spacial score (nSPS) is 12.4. The fourth-order valence-corrected chi connectivity index (χ4v) is 5.88. The zero-order chi connectivity index (χ0) is 36.3. The Morgan fingerprint density at radius 1 is 0.820 bits per heavy atom. The third-order valence-corrected chi connectivity index (χ3v) is 8.57. The highest BCUT2D eigenvalue weighted by Gasteiger charge is 2.41. The van der Waals surface area contributed by atoms with Crippen molar-refractivity contribution in [3.63, 3.8) is 0 Å². The maximum Gasteiger partial charge on any atom is 0.331 e. The first-order valence-corrected chi connectivity index (χ1v) is 17.8. The van der Waals surface area contributed by atoms with E-state index in [9.17, 15) is 27.9 Å². The first kappa shape index (κ1) is 37.4. The summed E-state index contributed by atoms with van der Waals surface area (Å²) in [5.41, 5.74) is 13.1. The van der Waals surface area contributed by atoms with Crippen LogP contribution in [-0.4, -0.2) is 49.6 Å². The third-order valence-electron chi connectivity index (χ3n) is 7.98. The van der Waals surface area contributed by atoms with E-state index in [0.29, 0.717) is 36.0 Å². The van der Waals surface area contributed by atoms with Crippen molar-refractivity contribution in [1.29, 1.82) is 0 Å². The second-order valence-corrected chi connectivity index (χ2v) is 13.7. The maximum absolute atomic E-state index is 12.5. The molecule has 0 aliphatic heterocycles. The molecule has 0 saturated carbocycles. The van der Waals surface area contributed by atoms with Gasteiger partial charge in [0, 0.05) is 31.6 Å².